The van der Waals surface area contributed by atoms with Crippen LogP contribution >= 0.6 is 11.6 Å². The summed E-state index contributed by atoms with van der Waals surface area (Å²) in [6.45, 7) is 5.03. The summed E-state index contributed by atoms with van der Waals surface area (Å²) in [5, 5.41) is 3.58. The van der Waals surface area contributed by atoms with Crippen LogP contribution in [0.2, 0.25) is 5.02 Å². The molecule has 106 valence electrons. The first kappa shape index (κ1) is 14.8. The number of aromatic nitrogens is 1. The van der Waals surface area contributed by atoms with Gasteiger partial charge in [0.05, 0.1) is 0 Å². The number of pyridine rings is 1. The van der Waals surface area contributed by atoms with Crippen LogP contribution in [-0.2, 0) is 6.54 Å². The zero-order valence-electron chi connectivity index (χ0n) is 12.0. The van der Waals surface area contributed by atoms with Crippen LogP contribution in [0.1, 0.15) is 30.9 Å². The lowest BCUT2D eigenvalue weighted by atomic mass is 10.0. The molecule has 1 heterocycles. The van der Waals surface area contributed by atoms with Gasteiger partial charge in [-0.15, -0.1) is 0 Å². The highest BCUT2D eigenvalue weighted by Gasteiger charge is 2.07. The van der Waals surface area contributed by atoms with Gasteiger partial charge in [-0.2, -0.15) is 0 Å². The molecule has 20 heavy (non-hydrogen) atoms. The fraction of sp³-hybridized carbons (Fsp3) is 0.312. The number of benzene rings is 1. The summed E-state index contributed by atoms with van der Waals surface area (Å²) in [7, 11) is 1.88. The summed E-state index contributed by atoms with van der Waals surface area (Å²) in [5.74, 6) is 1.65. The molecule has 0 spiro atoms. The van der Waals surface area contributed by atoms with Crippen LogP contribution in [0.5, 0.6) is 11.6 Å². The lowest BCUT2D eigenvalue weighted by Gasteiger charge is -2.10. The first-order valence-corrected chi connectivity index (χ1v) is 7.04. The number of nitrogens with one attached hydrogen (secondary N) is 1. The second-order valence-electron chi connectivity index (χ2n) is 4.99. The fourth-order valence-corrected chi connectivity index (χ4v) is 2.12. The minimum atomic E-state index is 0.437. The Labute approximate surface area is 124 Å². The maximum absolute atomic E-state index is 6.20. The van der Waals surface area contributed by atoms with Gasteiger partial charge in [0.2, 0.25) is 5.88 Å². The summed E-state index contributed by atoms with van der Waals surface area (Å²) in [5.41, 5.74) is 2.26. The third-order valence-electron chi connectivity index (χ3n) is 2.98. The van der Waals surface area contributed by atoms with E-state index in [0.717, 1.165) is 17.9 Å². The van der Waals surface area contributed by atoms with E-state index in [-0.39, 0.29) is 0 Å². The number of hydrogen-bond donors (Lipinski definition) is 1. The summed E-state index contributed by atoms with van der Waals surface area (Å²) in [4.78, 5) is 4.27. The van der Waals surface area contributed by atoms with Crippen LogP contribution < -0.4 is 10.1 Å². The normalized spacial score (nSPS) is 10.8. The van der Waals surface area contributed by atoms with Crippen LogP contribution in [0.4, 0.5) is 0 Å². The van der Waals surface area contributed by atoms with Gasteiger partial charge >= 0.3 is 0 Å². The van der Waals surface area contributed by atoms with E-state index < -0.39 is 0 Å². The second-order valence-corrected chi connectivity index (χ2v) is 5.40. The van der Waals surface area contributed by atoms with Gasteiger partial charge in [-0.05, 0) is 42.3 Å². The van der Waals surface area contributed by atoms with Gasteiger partial charge in [-0.1, -0.05) is 37.6 Å². The van der Waals surface area contributed by atoms with Crippen molar-refractivity contribution in [1.82, 2.24) is 10.3 Å². The van der Waals surface area contributed by atoms with Crippen LogP contribution in [0.3, 0.4) is 0 Å². The zero-order valence-corrected chi connectivity index (χ0v) is 12.7. The average molecular weight is 291 g/mol. The molecule has 0 unspecified atom stereocenters. The molecule has 0 aliphatic heterocycles. The van der Waals surface area contributed by atoms with Crippen molar-refractivity contribution in [3.05, 3.63) is 52.7 Å². The van der Waals surface area contributed by atoms with Gasteiger partial charge < -0.3 is 10.1 Å². The molecule has 0 fully saturated rings. The molecule has 0 saturated carbocycles. The minimum Gasteiger partial charge on any atom is -0.438 e. The van der Waals surface area contributed by atoms with E-state index in [9.17, 15) is 0 Å². The first-order chi connectivity index (χ1) is 9.60. The number of ether oxygens (including phenoxy) is 1. The number of halogens is 1. The van der Waals surface area contributed by atoms with Crippen molar-refractivity contribution in [1.29, 1.82) is 0 Å². The van der Waals surface area contributed by atoms with Crippen LogP contribution in [-0.4, -0.2) is 12.0 Å². The smallest absolute Gasteiger partial charge is 0.238 e. The number of hydrogen-bond acceptors (Lipinski definition) is 3. The van der Waals surface area contributed by atoms with E-state index in [2.05, 4.69) is 30.2 Å². The Morgan fingerprint density at radius 1 is 1.30 bits per heavy atom. The first-order valence-electron chi connectivity index (χ1n) is 6.67. The Morgan fingerprint density at radius 2 is 2.10 bits per heavy atom. The predicted molar refractivity (Wildman–Crippen MR) is 82.6 cm³/mol. The van der Waals surface area contributed by atoms with Gasteiger partial charge in [-0.25, -0.2) is 4.98 Å². The van der Waals surface area contributed by atoms with Crippen molar-refractivity contribution in [2.45, 2.75) is 26.3 Å². The van der Waals surface area contributed by atoms with Gasteiger partial charge in [0, 0.05) is 12.7 Å². The van der Waals surface area contributed by atoms with Gasteiger partial charge in [0.25, 0.3) is 0 Å². The maximum Gasteiger partial charge on any atom is 0.238 e. The van der Waals surface area contributed by atoms with E-state index in [1.165, 1.54) is 5.56 Å². The molecule has 0 aliphatic carbocycles. The maximum atomic E-state index is 6.20. The number of rotatable bonds is 5. The highest BCUT2D eigenvalue weighted by molar-refractivity contribution is 6.31. The second kappa shape index (κ2) is 6.73. The Hall–Kier alpha value is -1.58. The summed E-state index contributed by atoms with van der Waals surface area (Å²) < 4.78 is 5.77. The van der Waals surface area contributed by atoms with Crippen molar-refractivity contribution < 1.29 is 4.74 Å². The molecular formula is C16H19ClN2O. The molecule has 4 heteroatoms. The molecule has 0 atom stereocenters. The van der Waals surface area contributed by atoms with Crippen molar-refractivity contribution in [3.8, 4) is 11.6 Å². The topological polar surface area (TPSA) is 34.2 Å². The van der Waals surface area contributed by atoms with E-state index in [1.807, 2.05) is 31.3 Å². The Kier molecular flexibility index (Phi) is 4.99. The molecule has 0 saturated heterocycles. The zero-order chi connectivity index (χ0) is 14.5. The molecule has 2 rings (SSSR count). The Balaban J connectivity index is 2.19. The van der Waals surface area contributed by atoms with E-state index >= 15 is 0 Å². The quantitative estimate of drug-likeness (QED) is 0.888. The van der Waals surface area contributed by atoms with Gasteiger partial charge in [-0.3, -0.25) is 0 Å². The van der Waals surface area contributed by atoms with Gasteiger partial charge in [0.1, 0.15) is 10.8 Å². The molecule has 0 radical (unpaired) electrons. The lowest BCUT2D eigenvalue weighted by molar-refractivity contribution is 0.461. The van der Waals surface area contributed by atoms with Crippen LogP contribution in [0.25, 0.3) is 0 Å². The molecule has 0 bridgehead atoms. The fourth-order valence-electron chi connectivity index (χ4n) is 1.89. The average Bonchev–Trinajstić information content (AvgIpc) is 2.42. The van der Waals surface area contributed by atoms with E-state index in [4.69, 9.17) is 16.3 Å². The van der Waals surface area contributed by atoms with Crippen molar-refractivity contribution >= 4 is 11.6 Å². The SMILES string of the molecule is CNCc1cnc(Oc2cccc(C(C)C)c2)c(Cl)c1. The summed E-state index contributed by atoms with van der Waals surface area (Å²) in [6, 6.07) is 9.86. The predicted octanol–water partition coefficient (Wildman–Crippen LogP) is 4.37. The van der Waals surface area contributed by atoms with E-state index in [1.54, 1.807) is 6.20 Å². The third kappa shape index (κ3) is 3.71. The third-order valence-corrected chi connectivity index (χ3v) is 3.26. The Bertz CT molecular complexity index is 584. The van der Waals surface area contributed by atoms with Crippen LogP contribution in [0, 0.1) is 0 Å². The molecule has 1 aromatic carbocycles. The van der Waals surface area contributed by atoms with Crippen molar-refractivity contribution in [2.75, 3.05) is 7.05 Å². The summed E-state index contributed by atoms with van der Waals surface area (Å²) >= 11 is 6.20. The standard InChI is InChI=1S/C16H19ClN2O/c1-11(2)13-5-4-6-14(8-13)20-16-15(17)7-12(9-18-3)10-19-16/h4-8,10-11,18H,9H2,1-3H3. The van der Waals surface area contributed by atoms with Crippen molar-refractivity contribution in [2.24, 2.45) is 0 Å². The van der Waals surface area contributed by atoms with Crippen molar-refractivity contribution in [3.63, 3.8) is 0 Å². The number of nitrogens with zero attached hydrogens (tertiary/aromatic N) is 1. The monoisotopic (exact) mass is 290 g/mol. The highest BCUT2D eigenvalue weighted by Crippen LogP contribution is 2.29. The minimum absolute atomic E-state index is 0.437. The molecule has 0 amide bonds. The molecule has 3 nitrogen and oxygen atoms in total. The lowest BCUT2D eigenvalue weighted by Crippen LogP contribution is -2.05. The molecule has 1 N–H and O–H groups in total. The van der Waals surface area contributed by atoms with Gasteiger partial charge in [0.15, 0.2) is 0 Å². The van der Waals surface area contributed by atoms with Crippen LogP contribution in [0.15, 0.2) is 36.5 Å². The molecule has 2 aromatic rings. The summed E-state index contributed by atoms with van der Waals surface area (Å²) in [6.07, 6.45) is 1.77. The van der Waals surface area contributed by atoms with E-state index in [0.29, 0.717) is 16.8 Å². The largest absolute Gasteiger partial charge is 0.438 e. The molecular weight excluding hydrogens is 272 g/mol. The highest BCUT2D eigenvalue weighted by atomic mass is 35.5. The Morgan fingerprint density at radius 3 is 2.75 bits per heavy atom. The molecule has 0 aliphatic rings. The molecule has 1 aromatic heterocycles.